The average molecular weight is 304 g/mol. The fourth-order valence-corrected chi connectivity index (χ4v) is 2.28. The van der Waals surface area contributed by atoms with E-state index in [0.717, 1.165) is 10.6 Å². The highest BCUT2D eigenvalue weighted by molar-refractivity contribution is 7.98. The van der Waals surface area contributed by atoms with Crippen molar-refractivity contribution in [3.8, 4) is 0 Å². The monoisotopic (exact) mass is 304 g/mol. The van der Waals surface area contributed by atoms with Crippen LogP contribution in [-0.2, 0) is 4.79 Å². The first-order chi connectivity index (χ1) is 10.1. The Balaban J connectivity index is 2.27. The van der Waals surface area contributed by atoms with Gasteiger partial charge in [-0.1, -0.05) is 13.0 Å². The Morgan fingerprint density at radius 2 is 2.00 bits per heavy atom. The fourth-order valence-electron chi connectivity index (χ4n) is 1.82. The first-order valence-corrected chi connectivity index (χ1v) is 7.85. The molecule has 0 bridgehead atoms. The van der Waals surface area contributed by atoms with Crippen LogP contribution in [0.25, 0.3) is 0 Å². The Kier molecular flexibility index (Phi) is 5.22. The Morgan fingerprint density at radius 3 is 2.71 bits per heavy atom. The van der Waals surface area contributed by atoms with Gasteiger partial charge in [-0.25, -0.2) is 4.39 Å². The summed E-state index contributed by atoms with van der Waals surface area (Å²) in [5, 5.41) is 5.91. The lowest BCUT2D eigenvalue weighted by Gasteiger charge is -2.13. The molecule has 0 spiro atoms. The molecule has 0 aliphatic heterocycles. The zero-order valence-electron chi connectivity index (χ0n) is 11.9. The number of anilines is 3. The molecular formula is C16H17FN2OS. The third-order valence-corrected chi connectivity index (χ3v) is 3.65. The molecule has 2 N–H and O–H groups in total. The zero-order valence-corrected chi connectivity index (χ0v) is 12.8. The molecule has 0 unspecified atom stereocenters. The minimum atomic E-state index is -0.384. The van der Waals surface area contributed by atoms with Crippen LogP contribution >= 0.6 is 11.8 Å². The predicted molar refractivity (Wildman–Crippen MR) is 86.8 cm³/mol. The summed E-state index contributed by atoms with van der Waals surface area (Å²) in [4.78, 5) is 12.7. The van der Waals surface area contributed by atoms with Crippen LogP contribution in [0.1, 0.15) is 13.3 Å². The van der Waals surface area contributed by atoms with Gasteiger partial charge in [-0.15, -0.1) is 11.8 Å². The van der Waals surface area contributed by atoms with E-state index in [-0.39, 0.29) is 11.7 Å². The standard InChI is InChI=1S/C16H17FN2OS/c1-3-16(20)19-15-9-11(17)7-8-14(15)18-12-5-4-6-13(10-12)21-2/h4-10,18H,3H2,1-2H3,(H,19,20). The highest BCUT2D eigenvalue weighted by Crippen LogP contribution is 2.28. The second-order valence-corrected chi connectivity index (χ2v) is 5.33. The van der Waals surface area contributed by atoms with Gasteiger partial charge in [-0.3, -0.25) is 4.79 Å². The molecule has 0 fully saturated rings. The highest BCUT2D eigenvalue weighted by Gasteiger charge is 2.08. The van der Waals surface area contributed by atoms with E-state index in [0.29, 0.717) is 17.8 Å². The van der Waals surface area contributed by atoms with E-state index in [9.17, 15) is 9.18 Å². The molecule has 0 aromatic heterocycles. The van der Waals surface area contributed by atoms with E-state index in [2.05, 4.69) is 10.6 Å². The summed E-state index contributed by atoms with van der Waals surface area (Å²) < 4.78 is 13.4. The maximum atomic E-state index is 13.4. The summed E-state index contributed by atoms with van der Waals surface area (Å²) in [5.74, 6) is -0.536. The van der Waals surface area contributed by atoms with Gasteiger partial charge in [0.2, 0.25) is 5.91 Å². The second kappa shape index (κ2) is 7.13. The van der Waals surface area contributed by atoms with E-state index in [4.69, 9.17) is 0 Å². The molecule has 2 rings (SSSR count). The third kappa shape index (κ3) is 4.23. The summed E-state index contributed by atoms with van der Waals surface area (Å²) in [6.07, 6.45) is 2.35. The van der Waals surface area contributed by atoms with Crippen molar-refractivity contribution in [2.75, 3.05) is 16.9 Å². The van der Waals surface area contributed by atoms with Crippen LogP contribution in [0.15, 0.2) is 47.4 Å². The topological polar surface area (TPSA) is 41.1 Å². The Hall–Kier alpha value is -2.01. The first kappa shape index (κ1) is 15.4. The normalized spacial score (nSPS) is 10.2. The molecule has 0 aliphatic carbocycles. The van der Waals surface area contributed by atoms with Crippen molar-refractivity contribution in [2.24, 2.45) is 0 Å². The van der Waals surface area contributed by atoms with Gasteiger partial charge in [0, 0.05) is 17.0 Å². The molecule has 0 heterocycles. The molecule has 5 heteroatoms. The maximum Gasteiger partial charge on any atom is 0.224 e. The summed E-state index contributed by atoms with van der Waals surface area (Å²) in [7, 11) is 0. The van der Waals surface area contributed by atoms with Crippen molar-refractivity contribution in [1.82, 2.24) is 0 Å². The van der Waals surface area contributed by atoms with E-state index < -0.39 is 0 Å². The molecule has 3 nitrogen and oxygen atoms in total. The van der Waals surface area contributed by atoms with Crippen molar-refractivity contribution in [1.29, 1.82) is 0 Å². The van der Waals surface area contributed by atoms with E-state index in [1.165, 1.54) is 12.1 Å². The van der Waals surface area contributed by atoms with Crippen LogP contribution in [0.3, 0.4) is 0 Å². The summed E-state index contributed by atoms with van der Waals surface area (Å²) in [5.41, 5.74) is 1.99. The predicted octanol–water partition coefficient (Wildman–Crippen LogP) is 4.64. The van der Waals surface area contributed by atoms with Gasteiger partial charge in [-0.2, -0.15) is 0 Å². The molecule has 0 atom stereocenters. The van der Waals surface area contributed by atoms with Gasteiger partial charge in [0.05, 0.1) is 11.4 Å². The summed E-state index contributed by atoms with van der Waals surface area (Å²) in [6, 6.07) is 12.2. The van der Waals surface area contributed by atoms with Crippen molar-refractivity contribution in [3.63, 3.8) is 0 Å². The lowest BCUT2D eigenvalue weighted by Crippen LogP contribution is -2.11. The van der Waals surface area contributed by atoms with Crippen LogP contribution < -0.4 is 10.6 Å². The number of thioether (sulfide) groups is 1. The number of carbonyl (C=O) groups excluding carboxylic acids is 1. The SMILES string of the molecule is CCC(=O)Nc1cc(F)ccc1Nc1cccc(SC)c1. The third-order valence-electron chi connectivity index (χ3n) is 2.93. The minimum Gasteiger partial charge on any atom is -0.354 e. The first-order valence-electron chi connectivity index (χ1n) is 6.63. The van der Waals surface area contributed by atoms with Gasteiger partial charge in [-0.05, 0) is 42.7 Å². The zero-order chi connectivity index (χ0) is 15.2. The second-order valence-electron chi connectivity index (χ2n) is 4.45. The molecule has 21 heavy (non-hydrogen) atoms. The van der Waals surface area contributed by atoms with Crippen LogP contribution in [0, 0.1) is 5.82 Å². The Bertz CT molecular complexity index is 646. The number of carbonyl (C=O) groups is 1. The molecule has 0 aliphatic rings. The number of rotatable bonds is 5. The largest absolute Gasteiger partial charge is 0.354 e. The molecule has 0 saturated heterocycles. The fraction of sp³-hybridized carbons (Fsp3) is 0.188. The molecule has 110 valence electrons. The number of halogens is 1. The lowest BCUT2D eigenvalue weighted by atomic mass is 10.2. The summed E-state index contributed by atoms with van der Waals surface area (Å²) >= 11 is 1.64. The van der Waals surface area contributed by atoms with Crippen LogP contribution in [0.4, 0.5) is 21.5 Å². The van der Waals surface area contributed by atoms with E-state index in [1.54, 1.807) is 24.8 Å². The molecular weight excluding hydrogens is 287 g/mol. The molecule has 2 aromatic rings. The number of hydrogen-bond acceptors (Lipinski definition) is 3. The summed E-state index contributed by atoms with van der Waals surface area (Å²) in [6.45, 7) is 1.75. The van der Waals surface area contributed by atoms with Gasteiger partial charge in [0.1, 0.15) is 5.82 Å². The van der Waals surface area contributed by atoms with Crippen molar-refractivity contribution in [2.45, 2.75) is 18.2 Å². The molecule has 0 radical (unpaired) electrons. The van der Waals surface area contributed by atoms with Gasteiger partial charge >= 0.3 is 0 Å². The van der Waals surface area contributed by atoms with Crippen LogP contribution in [0.2, 0.25) is 0 Å². The Labute approximate surface area is 127 Å². The van der Waals surface area contributed by atoms with E-state index in [1.807, 2.05) is 30.5 Å². The number of nitrogens with one attached hydrogen (secondary N) is 2. The Morgan fingerprint density at radius 1 is 1.19 bits per heavy atom. The van der Waals surface area contributed by atoms with Gasteiger partial charge < -0.3 is 10.6 Å². The smallest absolute Gasteiger partial charge is 0.224 e. The number of amides is 1. The maximum absolute atomic E-state index is 13.4. The van der Waals surface area contributed by atoms with Crippen molar-refractivity contribution < 1.29 is 9.18 Å². The van der Waals surface area contributed by atoms with Gasteiger partial charge in [0.15, 0.2) is 0 Å². The van der Waals surface area contributed by atoms with E-state index >= 15 is 0 Å². The van der Waals surface area contributed by atoms with Gasteiger partial charge in [0.25, 0.3) is 0 Å². The number of benzene rings is 2. The van der Waals surface area contributed by atoms with Crippen molar-refractivity contribution in [3.05, 3.63) is 48.3 Å². The van der Waals surface area contributed by atoms with Crippen LogP contribution in [0.5, 0.6) is 0 Å². The molecule has 0 saturated carbocycles. The highest BCUT2D eigenvalue weighted by atomic mass is 32.2. The lowest BCUT2D eigenvalue weighted by molar-refractivity contribution is -0.115. The average Bonchev–Trinajstić information content (AvgIpc) is 2.50. The van der Waals surface area contributed by atoms with Crippen molar-refractivity contribution >= 4 is 34.7 Å². The van der Waals surface area contributed by atoms with Crippen LogP contribution in [-0.4, -0.2) is 12.2 Å². The number of hydrogen-bond donors (Lipinski definition) is 2. The molecule has 2 aromatic carbocycles. The quantitative estimate of drug-likeness (QED) is 0.791. The minimum absolute atomic E-state index is 0.151. The molecule has 1 amide bonds.